The molecule has 0 bridgehead atoms. The lowest BCUT2D eigenvalue weighted by atomic mass is 10.0. The fraction of sp³-hybridized carbons (Fsp3) is 0.696. The second-order valence-corrected chi connectivity index (χ2v) is 20.8. The van der Waals surface area contributed by atoms with Crippen LogP contribution in [0.1, 0.15) is 53.2 Å². The molecule has 0 saturated carbocycles. The molecule has 1 aliphatic rings. The van der Waals surface area contributed by atoms with Gasteiger partial charge < -0.3 is 18.4 Å². The van der Waals surface area contributed by atoms with Gasteiger partial charge in [-0.05, 0) is 41.8 Å². The third-order valence-electron chi connectivity index (χ3n) is 6.99. The summed E-state index contributed by atoms with van der Waals surface area (Å²) >= 11 is 0. The molecule has 4 nitrogen and oxygen atoms in total. The minimum absolute atomic E-state index is 0.0345. The number of carbonyl (C=O) groups is 1. The van der Waals surface area contributed by atoms with E-state index in [2.05, 4.69) is 67.7 Å². The highest BCUT2D eigenvalue weighted by Gasteiger charge is 2.53. The zero-order valence-electron chi connectivity index (χ0n) is 19.9. The first-order valence-corrected chi connectivity index (χ1v) is 16.4. The quantitative estimate of drug-likeness (QED) is 0.399. The Kier molecular flexibility index (Phi) is 7.07. The van der Waals surface area contributed by atoms with Gasteiger partial charge in [0.15, 0.2) is 22.9 Å². The standard InChI is InChI=1S/C23H40O4Si2/c1-22(2,3)28(7,8)26-20-18(16-24)25-19(17-14-12-11-13-15-17)21(20)27-29(9,10)23(4,5)6/h11-16,18-21H,1-10H3/t18-,19+,20+,21+/m0/s1. The fourth-order valence-corrected chi connectivity index (χ4v) is 5.59. The van der Waals surface area contributed by atoms with E-state index in [4.69, 9.17) is 13.6 Å². The number of hydrogen-bond donors (Lipinski definition) is 0. The molecule has 0 N–H and O–H groups in total. The molecule has 0 spiro atoms. The SMILES string of the molecule is CC(C)(C)[Si](C)(C)O[C@H]1[C@H](O[Si](C)(C)C(C)(C)C)[C@@H](c2ccccc2)O[C@H]1C=O. The van der Waals surface area contributed by atoms with E-state index in [0.29, 0.717) is 0 Å². The third-order valence-corrected chi connectivity index (χ3v) is 15.9. The van der Waals surface area contributed by atoms with Crippen LogP contribution in [-0.2, 0) is 18.4 Å². The van der Waals surface area contributed by atoms with E-state index in [1.165, 1.54) is 0 Å². The van der Waals surface area contributed by atoms with Gasteiger partial charge >= 0.3 is 0 Å². The van der Waals surface area contributed by atoms with Crippen LogP contribution in [0.5, 0.6) is 0 Å². The molecule has 6 heteroatoms. The monoisotopic (exact) mass is 436 g/mol. The Hall–Kier alpha value is -0.796. The smallest absolute Gasteiger partial charge is 0.192 e. The molecule has 164 valence electrons. The molecule has 1 aromatic carbocycles. The van der Waals surface area contributed by atoms with Crippen LogP contribution in [0.15, 0.2) is 30.3 Å². The van der Waals surface area contributed by atoms with Crippen molar-refractivity contribution in [1.82, 2.24) is 0 Å². The van der Waals surface area contributed by atoms with Crippen LogP contribution < -0.4 is 0 Å². The van der Waals surface area contributed by atoms with Crippen LogP contribution in [0, 0.1) is 0 Å². The Bertz CT molecular complexity index is 689. The number of benzene rings is 1. The van der Waals surface area contributed by atoms with Crippen molar-refractivity contribution in [3.8, 4) is 0 Å². The normalized spacial score (nSPS) is 26.6. The summed E-state index contributed by atoms with van der Waals surface area (Å²) in [5.41, 5.74) is 1.03. The van der Waals surface area contributed by atoms with Gasteiger partial charge in [-0.2, -0.15) is 0 Å². The van der Waals surface area contributed by atoms with E-state index in [1.54, 1.807) is 0 Å². The van der Waals surface area contributed by atoms with E-state index in [1.807, 2.05) is 30.3 Å². The first-order valence-electron chi connectivity index (χ1n) is 10.6. The molecule has 0 unspecified atom stereocenters. The van der Waals surface area contributed by atoms with Crippen molar-refractivity contribution in [2.24, 2.45) is 0 Å². The molecular weight excluding hydrogens is 396 g/mol. The lowest BCUT2D eigenvalue weighted by Crippen LogP contribution is -2.53. The first-order chi connectivity index (χ1) is 13.1. The summed E-state index contributed by atoms with van der Waals surface area (Å²) in [6.45, 7) is 22.2. The molecule has 0 aliphatic carbocycles. The Balaban J connectivity index is 2.48. The molecule has 1 fully saturated rings. The highest BCUT2D eigenvalue weighted by Crippen LogP contribution is 2.46. The number of rotatable bonds is 6. The molecular formula is C23H40O4Si2. The Morgan fingerprint density at radius 3 is 1.69 bits per heavy atom. The maximum atomic E-state index is 12.0. The van der Waals surface area contributed by atoms with E-state index in [-0.39, 0.29) is 22.3 Å². The lowest BCUT2D eigenvalue weighted by Gasteiger charge is -2.44. The van der Waals surface area contributed by atoms with Gasteiger partial charge in [0.2, 0.25) is 0 Å². The minimum Gasteiger partial charge on any atom is -0.408 e. The van der Waals surface area contributed by atoms with Gasteiger partial charge in [-0.25, -0.2) is 0 Å². The summed E-state index contributed by atoms with van der Waals surface area (Å²) in [4.78, 5) is 12.0. The Labute approximate surface area is 179 Å². The molecule has 0 radical (unpaired) electrons. The third kappa shape index (κ3) is 5.28. The number of aldehydes is 1. The van der Waals surface area contributed by atoms with Gasteiger partial charge in [-0.1, -0.05) is 71.9 Å². The Morgan fingerprint density at radius 2 is 1.28 bits per heavy atom. The molecule has 2 rings (SSSR count). The van der Waals surface area contributed by atoms with Crippen LogP contribution in [0.25, 0.3) is 0 Å². The second kappa shape index (κ2) is 8.38. The van der Waals surface area contributed by atoms with Gasteiger partial charge in [0.05, 0.1) is 0 Å². The van der Waals surface area contributed by atoms with Gasteiger partial charge in [-0.3, -0.25) is 0 Å². The maximum absolute atomic E-state index is 12.0. The summed E-state index contributed by atoms with van der Waals surface area (Å²) in [7, 11) is -4.24. The van der Waals surface area contributed by atoms with Crippen molar-refractivity contribution in [2.75, 3.05) is 0 Å². The molecule has 1 aliphatic heterocycles. The zero-order chi connectivity index (χ0) is 22.3. The largest absolute Gasteiger partial charge is 0.408 e. The van der Waals surface area contributed by atoms with Crippen LogP contribution in [-0.4, -0.2) is 41.2 Å². The predicted octanol–water partition coefficient (Wildman–Crippen LogP) is 6.11. The van der Waals surface area contributed by atoms with Crippen molar-refractivity contribution in [2.45, 2.75) is 102 Å². The molecule has 1 aromatic rings. The summed E-state index contributed by atoms with van der Waals surface area (Å²) in [6, 6.07) is 10.1. The van der Waals surface area contributed by atoms with Crippen LogP contribution in [0.4, 0.5) is 0 Å². The second-order valence-electron chi connectivity index (χ2n) is 11.3. The van der Waals surface area contributed by atoms with Gasteiger partial charge in [0.1, 0.15) is 24.4 Å². The summed E-state index contributed by atoms with van der Waals surface area (Å²) in [6.07, 6.45) is -0.738. The van der Waals surface area contributed by atoms with Crippen molar-refractivity contribution in [3.63, 3.8) is 0 Å². The lowest BCUT2D eigenvalue weighted by molar-refractivity contribution is -0.120. The van der Waals surface area contributed by atoms with Crippen LogP contribution in [0.3, 0.4) is 0 Å². The first kappa shape index (κ1) is 24.5. The van der Waals surface area contributed by atoms with Crippen molar-refractivity contribution < 1.29 is 18.4 Å². The molecule has 0 aromatic heterocycles. The van der Waals surface area contributed by atoms with Crippen molar-refractivity contribution in [3.05, 3.63) is 35.9 Å². The highest BCUT2D eigenvalue weighted by atomic mass is 28.4. The van der Waals surface area contributed by atoms with Gasteiger partial charge in [-0.15, -0.1) is 0 Å². The minimum atomic E-state index is -2.13. The average molecular weight is 437 g/mol. The molecule has 4 atom stereocenters. The summed E-state index contributed by atoms with van der Waals surface area (Å²) in [5.74, 6) is 0. The van der Waals surface area contributed by atoms with E-state index in [9.17, 15) is 4.79 Å². The average Bonchev–Trinajstić information content (AvgIpc) is 2.90. The Morgan fingerprint density at radius 1 is 0.828 bits per heavy atom. The number of carbonyl (C=O) groups excluding carboxylic acids is 1. The predicted molar refractivity (Wildman–Crippen MR) is 124 cm³/mol. The molecule has 0 amide bonds. The molecule has 29 heavy (non-hydrogen) atoms. The number of hydrogen-bond acceptors (Lipinski definition) is 4. The zero-order valence-corrected chi connectivity index (χ0v) is 21.9. The van der Waals surface area contributed by atoms with E-state index in [0.717, 1.165) is 11.8 Å². The van der Waals surface area contributed by atoms with Gasteiger partial charge in [0, 0.05) is 0 Å². The molecule has 1 heterocycles. The van der Waals surface area contributed by atoms with Crippen LogP contribution >= 0.6 is 0 Å². The van der Waals surface area contributed by atoms with E-state index < -0.39 is 28.8 Å². The summed E-state index contributed by atoms with van der Waals surface area (Å²) in [5, 5.41) is 0.0851. The number of ether oxygens (including phenoxy) is 1. The fourth-order valence-electron chi connectivity index (χ4n) is 3.00. The van der Waals surface area contributed by atoms with Crippen LogP contribution in [0.2, 0.25) is 36.3 Å². The van der Waals surface area contributed by atoms with Crippen molar-refractivity contribution in [1.29, 1.82) is 0 Å². The highest BCUT2D eigenvalue weighted by molar-refractivity contribution is 6.74. The van der Waals surface area contributed by atoms with E-state index >= 15 is 0 Å². The maximum Gasteiger partial charge on any atom is 0.192 e. The summed E-state index contributed by atoms with van der Waals surface area (Å²) < 4.78 is 19.9. The van der Waals surface area contributed by atoms with Gasteiger partial charge in [0.25, 0.3) is 0 Å². The van der Waals surface area contributed by atoms with Crippen molar-refractivity contribution >= 4 is 22.9 Å². The molecule has 1 saturated heterocycles. The topological polar surface area (TPSA) is 44.8 Å².